The molecule has 0 N–H and O–H groups in total. The molecule has 0 bridgehead atoms. The summed E-state index contributed by atoms with van der Waals surface area (Å²) in [6.07, 6.45) is 0. The van der Waals surface area contributed by atoms with Gasteiger partial charge in [-0.2, -0.15) is 0 Å². The van der Waals surface area contributed by atoms with Gasteiger partial charge in [0, 0.05) is 33.2 Å². The Bertz CT molecular complexity index is 3030. The molecule has 10 aromatic rings. The van der Waals surface area contributed by atoms with E-state index in [1.165, 1.54) is 0 Å². The maximum atomic E-state index is 7.78. The second-order valence-electron chi connectivity index (χ2n) is 13.9. The fourth-order valence-corrected chi connectivity index (χ4v) is 7.74. The smallest absolute Gasteiger partial charge is 0.188 e. The van der Waals surface area contributed by atoms with Crippen LogP contribution in [-0.4, -0.2) is 19.5 Å². The Morgan fingerprint density at radius 3 is 1.33 bits per heavy atom. The van der Waals surface area contributed by atoms with Gasteiger partial charge in [0.25, 0.3) is 0 Å². The van der Waals surface area contributed by atoms with Crippen molar-refractivity contribution in [2.75, 3.05) is 0 Å². The van der Waals surface area contributed by atoms with Crippen LogP contribution in [0.15, 0.2) is 200 Å². The number of nitrogens with zero attached hydrogens (tertiary/aromatic N) is 5. The summed E-state index contributed by atoms with van der Waals surface area (Å²) < 4.78 is 2.36. The number of hydrogen-bond donors (Lipinski definition) is 0. The molecule has 5 nitrogen and oxygen atoms in total. The predicted molar refractivity (Wildman–Crippen MR) is 233 cm³/mol. The molecule has 0 amide bonds. The zero-order valence-corrected chi connectivity index (χ0v) is 30.8. The second kappa shape index (κ2) is 14.4. The third kappa shape index (κ3) is 6.22. The van der Waals surface area contributed by atoms with Crippen molar-refractivity contribution in [1.29, 1.82) is 0 Å². The Morgan fingerprint density at radius 2 is 0.772 bits per heavy atom. The Balaban J connectivity index is 1.26. The number of para-hydroxylation sites is 1. The first-order valence-electron chi connectivity index (χ1n) is 18.9. The minimum Gasteiger partial charge on any atom is -0.308 e. The minimum atomic E-state index is 0.579. The minimum absolute atomic E-state index is 0.579. The van der Waals surface area contributed by atoms with E-state index >= 15 is 0 Å². The zero-order chi connectivity index (χ0) is 38.1. The largest absolute Gasteiger partial charge is 0.308 e. The van der Waals surface area contributed by atoms with Crippen molar-refractivity contribution in [3.8, 4) is 73.2 Å². The molecule has 0 unspecified atom stereocenters. The monoisotopic (exact) mass is 727 g/mol. The van der Waals surface area contributed by atoms with E-state index in [-0.39, 0.29) is 0 Å². The van der Waals surface area contributed by atoms with Gasteiger partial charge in [-0.05, 0) is 58.0 Å². The molecule has 0 spiro atoms. The fraction of sp³-hybridized carbons (Fsp3) is 0. The van der Waals surface area contributed by atoms with Crippen LogP contribution in [0.25, 0.3) is 99.9 Å². The first kappa shape index (κ1) is 33.6. The van der Waals surface area contributed by atoms with E-state index in [1.807, 2.05) is 60.7 Å². The Hall–Kier alpha value is -7.94. The van der Waals surface area contributed by atoms with Gasteiger partial charge in [-0.3, -0.25) is 0 Å². The molecule has 266 valence electrons. The molecule has 57 heavy (non-hydrogen) atoms. The molecular weight excluding hydrogens is 695 g/mol. The first-order chi connectivity index (χ1) is 28.2. The van der Waals surface area contributed by atoms with Gasteiger partial charge < -0.3 is 4.57 Å². The van der Waals surface area contributed by atoms with Gasteiger partial charge in [0.05, 0.1) is 23.3 Å². The number of fused-ring (bicyclic) bond motifs is 3. The van der Waals surface area contributed by atoms with Crippen molar-refractivity contribution in [2.24, 2.45) is 0 Å². The first-order valence-corrected chi connectivity index (χ1v) is 18.9. The maximum absolute atomic E-state index is 7.78. The van der Waals surface area contributed by atoms with Gasteiger partial charge in [0.15, 0.2) is 23.2 Å². The van der Waals surface area contributed by atoms with Crippen LogP contribution in [0.4, 0.5) is 5.69 Å². The van der Waals surface area contributed by atoms with Crippen molar-refractivity contribution in [1.82, 2.24) is 19.5 Å². The molecule has 0 fully saturated rings. The highest BCUT2D eigenvalue weighted by Gasteiger charge is 2.23. The summed E-state index contributed by atoms with van der Waals surface area (Å²) in [4.78, 5) is 19.3. The van der Waals surface area contributed by atoms with Crippen molar-refractivity contribution in [2.45, 2.75) is 0 Å². The van der Waals surface area contributed by atoms with E-state index in [4.69, 9.17) is 21.5 Å². The lowest BCUT2D eigenvalue weighted by atomic mass is 9.92. The molecule has 0 aliphatic rings. The fourth-order valence-electron chi connectivity index (χ4n) is 7.74. The average molecular weight is 728 g/mol. The van der Waals surface area contributed by atoms with E-state index in [1.54, 1.807) is 0 Å². The van der Waals surface area contributed by atoms with Crippen LogP contribution in [0.1, 0.15) is 0 Å². The summed E-state index contributed by atoms with van der Waals surface area (Å²) >= 11 is 0. The highest BCUT2D eigenvalue weighted by molar-refractivity contribution is 6.11. The highest BCUT2D eigenvalue weighted by Crippen LogP contribution is 2.44. The third-order valence-electron chi connectivity index (χ3n) is 10.5. The molecule has 0 atom stereocenters. The summed E-state index contributed by atoms with van der Waals surface area (Å²) in [6.45, 7) is 7.78. The number of rotatable bonds is 7. The summed E-state index contributed by atoms with van der Waals surface area (Å²) in [6, 6.07) is 68.8. The van der Waals surface area contributed by atoms with Crippen LogP contribution < -0.4 is 0 Å². The lowest BCUT2D eigenvalue weighted by Crippen LogP contribution is -2.04. The Morgan fingerprint density at radius 1 is 0.351 bits per heavy atom. The molecule has 5 heteroatoms. The highest BCUT2D eigenvalue weighted by atomic mass is 15.0. The second-order valence-corrected chi connectivity index (χ2v) is 13.9. The van der Waals surface area contributed by atoms with Crippen LogP contribution in [0.3, 0.4) is 0 Å². The molecule has 0 aliphatic heterocycles. The average Bonchev–Trinajstić information content (AvgIpc) is 3.63. The standard InChI is InChI=1S/C52H33N5/c1-53-42-30-31-48-46(34-42)43-24-14-15-25-47(43)57(48)49-44(37-18-8-3-9-19-37)32-41(33-45(49)38-20-10-4-11-21-38)52-55-50(39-22-12-5-13-23-39)54-51(56-52)40-28-26-36(27-29-40)35-16-6-2-7-17-35/h2-34H. The number of benzene rings is 8. The third-order valence-corrected chi connectivity index (χ3v) is 10.5. The summed E-state index contributed by atoms with van der Waals surface area (Å²) in [7, 11) is 0. The van der Waals surface area contributed by atoms with Gasteiger partial charge >= 0.3 is 0 Å². The summed E-state index contributed by atoms with van der Waals surface area (Å²) in [5, 5.41) is 2.13. The number of hydrogen-bond acceptors (Lipinski definition) is 3. The van der Waals surface area contributed by atoms with Crippen molar-refractivity contribution >= 4 is 27.5 Å². The topological polar surface area (TPSA) is 48.0 Å². The van der Waals surface area contributed by atoms with Crippen LogP contribution in [0.5, 0.6) is 0 Å². The molecule has 8 aromatic carbocycles. The van der Waals surface area contributed by atoms with Gasteiger partial charge in [-0.15, -0.1) is 0 Å². The van der Waals surface area contributed by atoms with Gasteiger partial charge in [0.1, 0.15) is 0 Å². The van der Waals surface area contributed by atoms with Gasteiger partial charge in [-0.25, -0.2) is 19.8 Å². The van der Waals surface area contributed by atoms with E-state index in [9.17, 15) is 0 Å². The lowest BCUT2D eigenvalue weighted by molar-refractivity contribution is 1.07. The predicted octanol–water partition coefficient (Wildman–Crippen LogP) is 13.5. The van der Waals surface area contributed by atoms with E-state index in [0.29, 0.717) is 23.2 Å². The normalized spacial score (nSPS) is 11.1. The molecule has 0 aliphatic carbocycles. The van der Waals surface area contributed by atoms with E-state index in [2.05, 4.69) is 149 Å². The Labute approximate surface area is 330 Å². The molecule has 0 radical (unpaired) electrons. The maximum Gasteiger partial charge on any atom is 0.188 e. The number of aromatic nitrogens is 4. The molecule has 2 heterocycles. The molecule has 0 saturated heterocycles. The van der Waals surface area contributed by atoms with Crippen LogP contribution in [0, 0.1) is 6.57 Å². The van der Waals surface area contributed by atoms with Crippen molar-refractivity contribution in [3.63, 3.8) is 0 Å². The van der Waals surface area contributed by atoms with Crippen LogP contribution in [-0.2, 0) is 0 Å². The van der Waals surface area contributed by atoms with E-state index < -0.39 is 0 Å². The summed E-state index contributed by atoms with van der Waals surface area (Å²) in [5.74, 6) is 1.78. The van der Waals surface area contributed by atoms with Crippen molar-refractivity contribution in [3.05, 3.63) is 212 Å². The lowest BCUT2D eigenvalue weighted by Gasteiger charge is -2.21. The molecular formula is C52H33N5. The van der Waals surface area contributed by atoms with Crippen molar-refractivity contribution < 1.29 is 0 Å². The van der Waals surface area contributed by atoms with Gasteiger partial charge in [0.2, 0.25) is 0 Å². The zero-order valence-electron chi connectivity index (χ0n) is 30.8. The quantitative estimate of drug-likeness (QED) is 0.154. The molecule has 10 rings (SSSR count). The van der Waals surface area contributed by atoms with E-state index in [0.717, 1.165) is 77.6 Å². The molecule has 2 aromatic heterocycles. The van der Waals surface area contributed by atoms with Crippen LogP contribution >= 0.6 is 0 Å². The van der Waals surface area contributed by atoms with Crippen LogP contribution in [0.2, 0.25) is 0 Å². The SMILES string of the molecule is [C-]#[N+]c1ccc2c(c1)c1ccccc1n2-c1c(-c2ccccc2)cc(-c2nc(-c3ccccc3)nc(-c3ccc(-c4ccccc4)cc3)n2)cc1-c1ccccc1. The Kier molecular flexibility index (Phi) is 8.48. The molecule has 0 saturated carbocycles. The van der Waals surface area contributed by atoms with Gasteiger partial charge in [-0.1, -0.05) is 170 Å². The summed E-state index contributed by atoms with van der Waals surface area (Å²) in [5.41, 5.74) is 12.9.